The first-order chi connectivity index (χ1) is 17.5. The fourth-order valence-corrected chi connectivity index (χ4v) is 5.40. The Hall–Kier alpha value is -1.92. The molecule has 1 aliphatic carbocycles. The van der Waals surface area contributed by atoms with E-state index in [-0.39, 0.29) is 5.91 Å². The topological polar surface area (TPSA) is 70.1 Å². The molecule has 0 bridgehead atoms. The van der Waals surface area contributed by atoms with E-state index in [1.54, 1.807) is 0 Å². The van der Waals surface area contributed by atoms with Crippen LogP contribution in [0.15, 0.2) is 24.3 Å². The number of hydrogen-bond donors (Lipinski definition) is 1. The summed E-state index contributed by atoms with van der Waals surface area (Å²) in [6.45, 7) is 17.9. The Morgan fingerprint density at radius 3 is 2.41 bits per heavy atom. The highest BCUT2D eigenvalue weighted by molar-refractivity contribution is 5.75. The van der Waals surface area contributed by atoms with Crippen LogP contribution in [0.5, 0.6) is 0 Å². The van der Waals surface area contributed by atoms with Crippen molar-refractivity contribution in [1.29, 1.82) is 0 Å². The summed E-state index contributed by atoms with van der Waals surface area (Å²) in [7, 11) is 1.88. The number of amides is 1. The van der Waals surface area contributed by atoms with E-state index in [2.05, 4.69) is 63.8 Å². The van der Waals surface area contributed by atoms with Crippen molar-refractivity contribution in [2.24, 2.45) is 17.3 Å². The molecule has 0 spiro atoms. The molecule has 1 heterocycles. The Balaban J connectivity index is 0.000000873. The standard InChI is InChI=1S/C26H42N2O2.C3H8.C2H4O2/c1-21(2)18-27(4)25(29)12-16-30-15-11-23-8-5-7-22(17-23)10-14-28-19-24-9-6-13-26(24,3)20-28;1-3-2;1-2(3)4/h5,7-8,17,21,24H,6,9-16,18-20H2,1-4H3;3H2,1-2H3;1H3,(H,3,4)/t24-,26+;;/m0../s1. The molecule has 2 atom stereocenters. The summed E-state index contributed by atoms with van der Waals surface area (Å²) in [5.41, 5.74) is 3.35. The molecule has 1 saturated heterocycles. The molecule has 1 N–H and O–H groups in total. The number of hydrogen-bond acceptors (Lipinski definition) is 4. The Kier molecular flexibility index (Phi) is 15.7. The van der Waals surface area contributed by atoms with Gasteiger partial charge >= 0.3 is 0 Å². The number of carbonyl (C=O) groups is 2. The SMILES string of the molecule is CC(=O)O.CC(C)CN(C)C(=O)CCOCCc1cccc(CCN2C[C@@H]3CCC[C@]3(C)C2)c1.CCC. The number of nitrogens with zero attached hydrogens (tertiary/aromatic N) is 2. The largest absolute Gasteiger partial charge is 0.481 e. The Morgan fingerprint density at radius 2 is 1.81 bits per heavy atom. The molecule has 212 valence electrons. The van der Waals surface area contributed by atoms with Crippen LogP contribution in [0.2, 0.25) is 0 Å². The van der Waals surface area contributed by atoms with Crippen molar-refractivity contribution >= 4 is 11.9 Å². The van der Waals surface area contributed by atoms with Gasteiger partial charge in [-0.3, -0.25) is 9.59 Å². The van der Waals surface area contributed by atoms with Crippen LogP contribution in [0.3, 0.4) is 0 Å². The van der Waals surface area contributed by atoms with Gasteiger partial charge in [0.25, 0.3) is 5.97 Å². The van der Waals surface area contributed by atoms with E-state index in [1.165, 1.54) is 56.4 Å². The highest BCUT2D eigenvalue weighted by Crippen LogP contribution is 2.48. The molecule has 6 nitrogen and oxygen atoms in total. The van der Waals surface area contributed by atoms with E-state index >= 15 is 0 Å². The van der Waals surface area contributed by atoms with Crippen molar-refractivity contribution in [1.82, 2.24) is 9.80 Å². The van der Waals surface area contributed by atoms with Crippen LogP contribution in [0, 0.1) is 17.3 Å². The van der Waals surface area contributed by atoms with Gasteiger partial charge in [0.1, 0.15) is 0 Å². The number of aliphatic carboxylic acids is 1. The number of rotatable bonds is 11. The Labute approximate surface area is 226 Å². The number of carboxylic acid groups (broad SMARTS) is 1. The van der Waals surface area contributed by atoms with E-state index in [9.17, 15) is 4.79 Å². The maximum absolute atomic E-state index is 12.1. The Morgan fingerprint density at radius 1 is 1.19 bits per heavy atom. The summed E-state index contributed by atoms with van der Waals surface area (Å²) in [5, 5.41) is 7.42. The van der Waals surface area contributed by atoms with Crippen molar-refractivity contribution in [2.45, 2.75) is 86.5 Å². The van der Waals surface area contributed by atoms with Gasteiger partial charge in [-0.1, -0.05) is 71.7 Å². The highest BCUT2D eigenvalue weighted by atomic mass is 16.5. The summed E-state index contributed by atoms with van der Waals surface area (Å²) in [6, 6.07) is 8.96. The first-order valence-corrected chi connectivity index (χ1v) is 14.3. The number of carbonyl (C=O) groups excluding carboxylic acids is 1. The zero-order valence-corrected chi connectivity index (χ0v) is 24.7. The van der Waals surface area contributed by atoms with Crippen molar-refractivity contribution in [3.8, 4) is 0 Å². The second kappa shape index (κ2) is 17.6. The molecule has 3 rings (SSSR count). The predicted octanol–water partition coefficient (Wildman–Crippen LogP) is 5.92. The van der Waals surface area contributed by atoms with Gasteiger partial charge in [0.15, 0.2) is 0 Å². The van der Waals surface area contributed by atoms with Crippen molar-refractivity contribution in [3.05, 3.63) is 35.4 Å². The first-order valence-electron chi connectivity index (χ1n) is 14.3. The molecule has 1 aliphatic heterocycles. The lowest BCUT2D eigenvalue weighted by Gasteiger charge is -2.23. The summed E-state index contributed by atoms with van der Waals surface area (Å²) in [6.07, 6.45) is 8.05. The van der Waals surface area contributed by atoms with Gasteiger partial charge in [0, 0.05) is 40.2 Å². The molecule has 1 saturated carbocycles. The summed E-state index contributed by atoms with van der Waals surface area (Å²) < 4.78 is 5.74. The molecule has 2 aliphatic rings. The minimum Gasteiger partial charge on any atom is -0.481 e. The van der Waals surface area contributed by atoms with Crippen LogP contribution in [-0.4, -0.2) is 73.2 Å². The van der Waals surface area contributed by atoms with E-state index in [1.807, 2.05) is 11.9 Å². The third-order valence-corrected chi connectivity index (χ3v) is 7.12. The van der Waals surface area contributed by atoms with Gasteiger partial charge in [0.05, 0.1) is 19.6 Å². The first kappa shape index (κ1) is 33.1. The van der Waals surface area contributed by atoms with Crippen LogP contribution >= 0.6 is 0 Å². The zero-order valence-electron chi connectivity index (χ0n) is 24.7. The van der Waals surface area contributed by atoms with E-state index in [4.69, 9.17) is 14.6 Å². The number of carboxylic acids is 1. The molecule has 1 aromatic carbocycles. The third kappa shape index (κ3) is 13.4. The van der Waals surface area contributed by atoms with E-state index < -0.39 is 5.97 Å². The molecule has 1 aromatic rings. The van der Waals surface area contributed by atoms with Gasteiger partial charge in [-0.2, -0.15) is 0 Å². The number of likely N-dealkylation sites (tertiary alicyclic amines) is 1. The molecular weight excluding hydrogens is 464 g/mol. The second-order valence-electron chi connectivity index (χ2n) is 11.6. The summed E-state index contributed by atoms with van der Waals surface area (Å²) >= 11 is 0. The van der Waals surface area contributed by atoms with Gasteiger partial charge in [-0.05, 0) is 54.1 Å². The summed E-state index contributed by atoms with van der Waals surface area (Å²) in [4.78, 5) is 25.6. The van der Waals surface area contributed by atoms with Crippen LogP contribution < -0.4 is 0 Å². The molecular formula is C31H54N2O4. The zero-order chi connectivity index (χ0) is 27.8. The summed E-state index contributed by atoms with van der Waals surface area (Å²) in [5.74, 6) is 0.768. The van der Waals surface area contributed by atoms with E-state index in [0.29, 0.717) is 31.0 Å². The number of ether oxygens (including phenoxy) is 1. The fourth-order valence-electron chi connectivity index (χ4n) is 5.40. The van der Waals surface area contributed by atoms with Gasteiger partial charge < -0.3 is 19.6 Å². The molecule has 2 fully saturated rings. The van der Waals surface area contributed by atoms with Gasteiger partial charge in [-0.15, -0.1) is 0 Å². The minimum absolute atomic E-state index is 0.172. The maximum atomic E-state index is 12.1. The number of benzene rings is 1. The highest BCUT2D eigenvalue weighted by Gasteiger charge is 2.45. The third-order valence-electron chi connectivity index (χ3n) is 7.12. The van der Waals surface area contributed by atoms with Gasteiger partial charge in [0.2, 0.25) is 5.91 Å². The molecule has 1 amide bonds. The molecule has 0 radical (unpaired) electrons. The monoisotopic (exact) mass is 518 g/mol. The van der Waals surface area contributed by atoms with Crippen molar-refractivity contribution in [3.63, 3.8) is 0 Å². The van der Waals surface area contributed by atoms with Crippen LogP contribution in [0.25, 0.3) is 0 Å². The maximum Gasteiger partial charge on any atom is 0.300 e. The minimum atomic E-state index is -0.833. The Bertz CT molecular complexity index is 793. The van der Waals surface area contributed by atoms with E-state index in [0.717, 1.165) is 32.2 Å². The number of fused-ring (bicyclic) bond motifs is 1. The molecule has 0 unspecified atom stereocenters. The van der Waals surface area contributed by atoms with Crippen LogP contribution in [0.4, 0.5) is 0 Å². The normalized spacial score (nSPS) is 20.5. The lowest BCUT2D eigenvalue weighted by Crippen LogP contribution is -2.30. The van der Waals surface area contributed by atoms with Gasteiger partial charge in [-0.25, -0.2) is 0 Å². The molecule has 0 aromatic heterocycles. The van der Waals surface area contributed by atoms with Crippen LogP contribution in [-0.2, 0) is 27.2 Å². The average molecular weight is 519 g/mol. The van der Waals surface area contributed by atoms with Crippen molar-refractivity contribution in [2.75, 3.05) is 46.4 Å². The lowest BCUT2D eigenvalue weighted by molar-refractivity contribution is -0.134. The quantitative estimate of drug-likeness (QED) is 0.368. The predicted molar refractivity (Wildman–Crippen MR) is 153 cm³/mol. The smallest absolute Gasteiger partial charge is 0.300 e. The molecule has 6 heteroatoms. The molecule has 37 heavy (non-hydrogen) atoms. The lowest BCUT2D eigenvalue weighted by atomic mass is 9.83. The second-order valence-corrected chi connectivity index (χ2v) is 11.6. The van der Waals surface area contributed by atoms with Crippen LogP contribution in [0.1, 0.15) is 84.8 Å². The average Bonchev–Trinajstić information content (AvgIpc) is 3.31. The van der Waals surface area contributed by atoms with Crippen molar-refractivity contribution < 1.29 is 19.4 Å². The fraction of sp³-hybridized carbons (Fsp3) is 0.742.